The van der Waals surface area contributed by atoms with Crippen LogP contribution in [-0.2, 0) is 16.1 Å². The van der Waals surface area contributed by atoms with Crippen LogP contribution in [0.5, 0.6) is 0 Å². The van der Waals surface area contributed by atoms with Crippen molar-refractivity contribution < 1.29 is 19.2 Å². The molecule has 2 aromatic rings. The largest absolute Gasteiger partial charge is 0.480 e. The normalized spacial score (nSPS) is 11.1. The summed E-state index contributed by atoms with van der Waals surface area (Å²) in [5.74, 6) is 0.00509. The molecule has 0 aliphatic rings. The van der Waals surface area contributed by atoms with E-state index in [0.717, 1.165) is 5.56 Å². The summed E-state index contributed by atoms with van der Waals surface area (Å²) in [4.78, 5) is 16.7. The van der Waals surface area contributed by atoms with Crippen molar-refractivity contribution in [3.63, 3.8) is 0 Å². The Labute approximate surface area is 119 Å². The highest BCUT2D eigenvalue weighted by molar-refractivity contribution is 7.08. The SMILES string of the molecule is COCCN(CC(=O)O)Cc1nc(-c2ccsc2)no1. The lowest BCUT2D eigenvalue weighted by atomic mass is 10.3. The minimum atomic E-state index is -0.904. The summed E-state index contributed by atoms with van der Waals surface area (Å²) in [6, 6.07) is 1.90. The maximum Gasteiger partial charge on any atom is 0.317 e. The van der Waals surface area contributed by atoms with Crippen LogP contribution in [0.4, 0.5) is 0 Å². The van der Waals surface area contributed by atoms with Gasteiger partial charge in [-0.1, -0.05) is 5.16 Å². The molecule has 0 aromatic carbocycles. The highest BCUT2D eigenvalue weighted by atomic mass is 32.1. The Balaban J connectivity index is 2.00. The molecule has 0 atom stereocenters. The van der Waals surface area contributed by atoms with E-state index >= 15 is 0 Å². The lowest BCUT2D eigenvalue weighted by molar-refractivity contribution is -0.138. The van der Waals surface area contributed by atoms with E-state index in [-0.39, 0.29) is 13.1 Å². The van der Waals surface area contributed by atoms with Crippen LogP contribution >= 0.6 is 11.3 Å². The van der Waals surface area contributed by atoms with Gasteiger partial charge in [-0.2, -0.15) is 16.3 Å². The molecule has 108 valence electrons. The van der Waals surface area contributed by atoms with Crippen LogP contribution in [0.1, 0.15) is 5.89 Å². The first-order valence-electron chi connectivity index (χ1n) is 5.97. The molecule has 8 heteroatoms. The summed E-state index contributed by atoms with van der Waals surface area (Å²) in [7, 11) is 1.57. The Hall–Kier alpha value is -1.77. The fourth-order valence-corrected chi connectivity index (χ4v) is 2.28. The summed E-state index contributed by atoms with van der Waals surface area (Å²) in [6.45, 7) is 1.12. The van der Waals surface area contributed by atoms with E-state index in [1.807, 2.05) is 16.8 Å². The van der Waals surface area contributed by atoms with Gasteiger partial charge in [0.2, 0.25) is 11.7 Å². The molecule has 20 heavy (non-hydrogen) atoms. The van der Waals surface area contributed by atoms with Gasteiger partial charge in [0.1, 0.15) is 0 Å². The average molecular weight is 297 g/mol. The smallest absolute Gasteiger partial charge is 0.317 e. The van der Waals surface area contributed by atoms with E-state index in [2.05, 4.69) is 10.1 Å². The zero-order valence-corrected chi connectivity index (χ0v) is 11.8. The van der Waals surface area contributed by atoms with Gasteiger partial charge in [-0.05, 0) is 11.4 Å². The predicted octanol–water partition coefficient (Wildman–Crippen LogP) is 1.33. The number of methoxy groups -OCH3 is 1. The lowest BCUT2D eigenvalue weighted by Crippen LogP contribution is -2.32. The number of hydrogen-bond donors (Lipinski definition) is 1. The Kier molecular flexibility index (Phi) is 5.22. The number of carboxylic acids is 1. The first-order chi connectivity index (χ1) is 9.69. The molecule has 0 bridgehead atoms. The van der Waals surface area contributed by atoms with Crippen molar-refractivity contribution >= 4 is 17.3 Å². The first kappa shape index (κ1) is 14.6. The molecule has 0 saturated heterocycles. The molecule has 2 aromatic heterocycles. The van der Waals surface area contributed by atoms with Gasteiger partial charge < -0.3 is 14.4 Å². The number of carbonyl (C=O) groups is 1. The lowest BCUT2D eigenvalue weighted by Gasteiger charge is -2.17. The molecule has 7 nitrogen and oxygen atoms in total. The fourth-order valence-electron chi connectivity index (χ4n) is 1.65. The molecular weight excluding hydrogens is 282 g/mol. The number of aliphatic carboxylic acids is 1. The number of carboxylic acid groups (broad SMARTS) is 1. The average Bonchev–Trinajstić information content (AvgIpc) is 3.05. The van der Waals surface area contributed by atoms with Gasteiger partial charge in [0.05, 0.1) is 19.7 Å². The molecule has 2 heterocycles. The van der Waals surface area contributed by atoms with Crippen molar-refractivity contribution in [2.45, 2.75) is 6.54 Å². The third-order valence-corrected chi connectivity index (χ3v) is 3.26. The van der Waals surface area contributed by atoms with Crippen LogP contribution in [0.15, 0.2) is 21.3 Å². The van der Waals surface area contributed by atoms with Gasteiger partial charge in [0, 0.05) is 24.6 Å². The third-order valence-electron chi connectivity index (χ3n) is 2.58. The molecule has 0 aliphatic carbocycles. The number of aromatic nitrogens is 2. The van der Waals surface area contributed by atoms with E-state index in [1.54, 1.807) is 23.3 Å². The standard InChI is InChI=1S/C12H15N3O4S/c1-18-4-3-15(7-11(16)17)6-10-13-12(14-19-10)9-2-5-20-8-9/h2,5,8H,3-4,6-7H2,1H3,(H,16,17). The van der Waals surface area contributed by atoms with Crippen LogP contribution < -0.4 is 0 Å². The molecule has 0 fully saturated rings. The highest BCUT2D eigenvalue weighted by Gasteiger charge is 2.15. The van der Waals surface area contributed by atoms with Crippen LogP contribution in [0.2, 0.25) is 0 Å². The Bertz CT molecular complexity index is 541. The van der Waals surface area contributed by atoms with E-state index < -0.39 is 5.97 Å². The minimum Gasteiger partial charge on any atom is -0.480 e. The second-order valence-electron chi connectivity index (χ2n) is 4.12. The van der Waals surface area contributed by atoms with Crippen molar-refractivity contribution in [2.24, 2.45) is 0 Å². The summed E-state index contributed by atoms with van der Waals surface area (Å²) in [6.07, 6.45) is 0. The number of hydrogen-bond acceptors (Lipinski definition) is 7. The van der Waals surface area contributed by atoms with Crippen molar-refractivity contribution in [3.05, 3.63) is 22.7 Å². The molecule has 0 spiro atoms. The fraction of sp³-hybridized carbons (Fsp3) is 0.417. The van der Waals surface area contributed by atoms with Crippen LogP contribution in [0.3, 0.4) is 0 Å². The van der Waals surface area contributed by atoms with Gasteiger partial charge >= 0.3 is 5.97 Å². The quantitative estimate of drug-likeness (QED) is 0.786. The van der Waals surface area contributed by atoms with Gasteiger partial charge in [-0.15, -0.1) is 0 Å². The Morgan fingerprint density at radius 1 is 1.60 bits per heavy atom. The van der Waals surface area contributed by atoms with Crippen molar-refractivity contribution in [2.75, 3.05) is 26.8 Å². The van der Waals surface area contributed by atoms with Gasteiger partial charge in [-0.25, -0.2) is 0 Å². The molecule has 0 aliphatic heterocycles. The predicted molar refractivity (Wildman–Crippen MR) is 72.4 cm³/mol. The van der Waals surface area contributed by atoms with Gasteiger partial charge in [0.15, 0.2) is 0 Å². The zero-order valence-electron chi connectivity index (χ0n) is 11.0. The van der Waals surface area contributed by atoms with E-state index in [9.17, 15) is 4.79 Å². The molecule has 2 rings (SSSR count). The van der Waals surface area contributed by atoms with Gasteiger partial charge in [-0.3, -0.25) is 9.69 Å². The minimum absolute atomic E-state index is 0.0977. The van der Waals surface area contributed by atoms with Crippen molar-refractivity contribution in [1.29, 1.82) is 0 Å². The van der Waals surface area contributed by atoms with E-state index in [4.69, 9.17) is 14.4 Å². The van der Waals surface area contributed by atoms with Crippen LogP contribution in [0, 0.1) is 0 Å². The topological polar surface area (TPSA) is 88.7 Å². The number of ether oxygens (including phenoxy) is 1. The second kappa shape index (κ2) is 7.13. The molecule has 0 radical (unpaired) electrons. The maximum atomic E-state index is 10.8. The Morgan fingerprint density at radius 2 is 2.45 bits per heavy atom. The van der Waals surface area contributed by atoms with Crippen LogP contribution in [0.25, 0.3) is 11.4 Å². The Morgan fingerprint density at radius 3 is 3.10 bits per heavy atom. The molecule has 1 N–H and O–H groups in total. The monoisotopic (exact) mass is 297 g/mol. The summed E-state index contributed by atoms with van der Waals surface area (Å²) in [5.41, 5.74) is 0.895. The summed E-state index contributed by atoms with van der Waals surface area (Å²) >= 11 is 1.55. The van der Waals surface area contributed by atoms with Crippen molar-refractivity contribution in [3.8, 4) is 11.4 Å². The highest BCUT2D eigenvalue weighted by Crippen LogP contribution is 2.19. The number of nitrogens with zero attached hydrogens (tertiary/aromatic N) is 3. The number of thiophene rings is 1. The molecule has 0 unspecified atom stereocenters. The summed E-state index contributed by atoms with van der Waals surface area (Å²) in [5, 5.41) is 16.6. The van der Waals surface area contributed by atoms with Gasteiger partial charge in [0.25, 0.3) is 0 Å². The molecule has 0 amide bonds. The molecular formula is C12H15N3O4S. The second-order valence-corrected chi connectivity index (χ2v) is 4.90. The summed E-state index contributed by atoms with van der Waals surface area (Å²) < 4.78 is 10.1. The molecule has 0 saturated carbocycles. The van der Waals surface area contributed by atoms with Crippen molar-refractivity contribution in [1.82, 2.24) is 15.0 Å². The third kappa shape index (κ3) is 4.12. The number of rotatable bonds is 8. The van der Waals surface area contributed by atoms with E-state index in [0.29, 0.717) is 24.9 Å². The first-order valence-corrected chi connectivity index (χ1v) is 6.91. The van der Waals surface area contributed by atoms with Crippen LogP contribution in [-0.4, -0.2) is 52.9 Å². The maximum absolute atomic E-state index is 10.8. The van der Waals surface area contributed by atoms with E-state index in [1.165, 1.54) is 0 Å². The zero-order chi connectivity index (χ0) is 14.4.